The highest BCUT2D eigenvalue weighted by molar-refractivity contribution is 5.88. The van der Waals surface area contributed by atoms with Gasteiger partial charge in [0.1, 0.15) is 12.6 Å². The number of aromatic amines is 1. The summed E-state index contributed by atoms with van der Waals surface area (Å²) in [7, 11) is 0. The number of para-hydroxylation sites is 1. The Balaban J connectivity index is 1.45. The highest BCUT2D eigenvalue weighted by Gasteiger charge is 2.31. The largest absolute Gasteiger partial charge is 0.445 e. The summed E-state index contributed by atoms with van der Waals surface area (Å²) >= 11 is 0. The fourth-order valence-electron chi connectivity index (χ4n) is 4.36. The summed E-state index contributed by atoms with van der Waals surface area (Å²) in [5.74, 6) is -0.161. The lowest BCUT2D eigenvalue weighted by molar-refractivity contribution is -0.142. The first-order valence-electron chi connectivity index (χ1n) is 12.0. The molecular formula is C27H32N4O4. The van der Waals surface area contributed by atoms with Crippen molar-refractivity contribution in [3.05, 3.63) is 71.9 Å². The van der Waals surface area contributed by atoms with Gasteiger partial charge >= 0.3 is 6.09 Å². The van der Waals surface area contributed by atoms with Crippen LogP contribution in [0.15, 0.2) is 60.8 Å². The molecule has 1 atom stereocenters. The lowest BCUT2D eigenvalue weighted by atomic mass is 10.0. The summed E-state index contributed by atoms with van der Waals surface area (Å²) < 4.78 is 5.40. The molecule has 0 spiro atoms. The third-order valence-electron chi connectivity index (χ3n) is 6.30. The highest BCUT2D eigenvalue weighted by Crippen LogP contribution is 2.20. The molecule has 1 aromatic heterocycles. The Labute approximate surface area is 205 Å². The number of hydrogen-bond donors (Lipinski definition) is 2. The van der Waals surface area contributed by atoms with Gasteiger partial charge in [0.05, 0.1) is 0 Å². The molecule has 35 heavy (non-hydrogen) atoms. The first kappa shape index (κ1) is 24.3. The number of alkyl carbamates (subject to hydrolysis) is 1. The average molecular weight is 477 g/mol. The Morgan fingerprint density at radius 1 is 0.914 bits per heavy atom. The lowest BCUT2D eigenvalue weighted by Crippen LogP contribution is -2.56. The highest BCUT2D eigenvalue weighted by atomic mass is 16.5. The van der Waals surface area contributed by atoms with Crippen LogP contribution in [-0.2, 0) is 27.4 Å². The first-order chi connectivity index (χ1) is 16.9. The number of piperazine rings is 1. The molecule has 0 radical (unpaired) electrons. The van der Waals surface area contributed by atoms with Crippen molar-refractivity contribution in [1.82, 2.24) is 20.1 Å². The molecule has 0 aliphatic carbocycles. The Hall–Kier alpha value is -3.81. The number of aromatic nitrogens is 1. The summed E-state index contributed by atoms with van der Waals surface area (Å²) in [4.78, 5) is 45.3. The number of H-pyrrole nitrogens is 1. The second kappa shape index (κ2) is 11.1. The smallest absolute Gasteiger partial charge is 0.408 e. The minimum Gasteiger partial charge on any atom is -0.445 e. The van der Waals surface area contributed by atoms with Crippen molar-refractivity contribution in [1.29, 1.82) is 0 Å². The van der Waals surface area contributed by atoms with Crippen LogP contribution in [0.25, 0.3) is 10.9 Å². The number of fused-ring (bicyclic) bond motifs is 1. The van der Waals surface area contributed by atoms with Crippen LogP contribution in [0.3, 0.4) is 0 Å². The monoisotopic (exact) mass is 476 g/mol. The Morgan fingerprint density at radius 3 is 2.23 bits per heavy atom. The zero-order chi connectivity index (χ0) is 24.8. The Bertz CT molecular complexity index is 1170. The van der Waals surface area contributed by atoms with Crippen LogP contribution < -0.4 is 5.32 Å². The van der Waals surface area contributed by atoms with Gasteiger partial charge in [-0.05, 0) is 17.2 Å². The quantitative estimate of drug-likeness (QED) is 0.547. The summed E-state index contributed by atoms with van der Waals surface area (Å²) in [6.07, 6.45) is 1.57. The van der Waals surface area contributed by atoms with Crippen LogP contribution in [0, 0.1) is 5.92 Å². The van der Waals surface area contributed by atoms with Crippen LogP contribution in [0.1, 0.15) is 25.0 Å². The van der Waals surface area contributed by atoms with Crippen molar-refractivity contribution < 1.29 is 19.1 Å². The van der Waals surface area contributed by atoms with Crippen LogP contribution in [0.4, 0.5) is 4.79 Å². The van der Waals surface area contributed by atoms with Crippen molar-refractivity contribution in [2.45, 2.75) is 32.9 Å². The van der Waals surface area contributed by atoms with Crippen LogP contribution >= 0.6 is 0 Å². The fourth-order valence-corrected chi connectivity index (χ4v) is 4.36. The van der Waals surface area contributed by atoms with Gasteiger partial charge in [-0.2, -0.15) is 0 Å². The number of nitrogens with zero attached hydrogens (tertiary/aromatic N) is 2. The van der Waals surface area contributed by atoms with Crippen LogP contribution in [0.5, 0.6) is 0 Å². The van der Waals surface area contributed by atoms with Crippen molar-refractivity contribution in [2.24, 2.45) is 5.92 Å². The molecule has 3 amide bonds. The maximum absolute atomic E-state index is 13.5. The molecule has 1 saturated heterocycles. The van der Waals surface area contributed by atoms with Gasteiger partial charge in [0.15, 0.2) is 0 Å². The van der Waals surface area contributed by atoms with E-state index in [1.165, 1.54) is 0 Å². The molecular weight excluding hydrogens is 444 g/mol. The van der Waals surface area contributed by atoms with Gasteiger partial charge in [0, 0.05) is 55.6 Å². The van der Waals surface area contributed by atoms with E-state index in [1.807, 2.05) is 74.6 Å². The molecule has 2 heterocycles. The lowest BCUT2D eigenvalue weighted by Gasteiger charge is -2.37. The number of hydrogen-bond acceptors (Lipinski definition) is 4. The van der Waals surface area contributed by atoms with Crippen molar-refractivity contribution in [3.63, 3.8) is 0 Å². The second-order valence-electron chi connectivity index (χ2n) is 9.13. The van der Waals surface area contributed by atoms with Gasteiger partial charge in [0.2, 0.25) is 11.8 Å². The summed E-state index contributed by atoms with van der Waals surface area (Å²) in [5, 5.41) is 3.80. The predicted molar refractivity (Wildman–Crippen MR) is 134 cm³/mol. The molecule has 184 valence electrons. The number of rotatable bonds is 7. The number of ether oxygens (including phenoxy) is 1. The zero-order valence-electron chi connectivity index (χ0n) is 20.2. The Morgan fingerprint density at radius 2 is 1.54 bits per heavy atom. The van der Waals surface area contributed by atoms with E-state index in [0.29, 0.717) is 32.6 Å². The van der Waals surface area contributed by atoms with E-state index in [-0.39, 0.29) is 24.3 Å². The van der Waals surface area contributed by atoms with E-state index < -0.39 is 12.1 Å². The summed E-state index contributed by atoms with van der Waals surface area (Å²) in [6.45, 7) is 5.72. The van der Waals surface area contributed by atoms with E-state index in [9.17, 15) is 14.4 Å². The van der Waals surface area contributed by atoms with E-state index in [0.717, 1.165) is 22.0 Å². The van der Waals surface area contributed by atoms with Gasteiger partial charge in [-0.15, -0.1) is 0 Å². The van der Waals surface area contributed by atoms with E-state index >= 15 is 0 Å². The molecule has 0 saturated carbocycles. The SMILES string of the molecule is CC(C)C(=O)N1CCN(C(=O)[C@H](Cc2c[nH]c3ccccc23)NC(=O)OCc2ccccc2)CC1. The molecule has 1 aliphatic rings. The van der Waals surface area contributed by atoms with Crippen LogP contribution in [-0.4, -0.2) is 64.9 Å². The number of benzene rings is 2. The van der Waals surface area contributed by atoms with E-state index in [1.54, 1.807) is 9.80 Å². The van der Waals surface area contributed by atoms with Gasteiger partial charge in [0.25, 0.3) is 0 Å². The molecule has 1 aliphatic heterocycles. The molecule has 2 N–H and O–H groups in total. The number of carbonyl (C=O) groups is 3. The average Bonchev–Trinajstić information content (AvgIpc) is 3.29. The van der Waals surface area contributed by atoms with Crippen molar-refractivity contribution in [3.8, 4) is 0 Å². The molecule has 3 aromatic rings. The maximum atomic E-state index is 13.5. The Kier molecular flexibility index (Phi) is 7.70. The van der Waals surface area contributed by atoms with Crippen molar-refractivity contribution >= 4 is 28.8 Å². The minimum absolute atomic E-state index is 0.0760. The molecule has 0 bridgehead atoms. The predicted octanol–water partition coefficient (Wildman–Crippen LogP) is 3.33. The van der Waals surface area contributed by atoms with Crippen LogP contribution in [0.2, 0.25) is 0 Å². The third-order valence-corrected chi connectivity index (χ3v) is 6.30. The van der Waals surface area contributed by atoms with Gasteiger partial charge in [-0.3, -0.25) is 9.59 Å². The fraction of sp³-hybridized carbons (Fsp3) is 0.370. The molecule has 8 nitrogen and oxygen atoms in total. The van der Waals surface area contributed by atoms with Gasteiger partial charge < -0.3 is 24.8 Å². The molecule has 1 fully saturated rings. The van der Waals surface area contributed by atoms with E-state index in [4.69, 9.17) is 4.74 Å². The first-order valence-corrected chi connectivity index (χ1v) is 12.0. The molecule has 2 aromatic carbocycles. The topological polar surface area (TPSA) is 94.7 Å². The van der Waals surface area contributed by atoms with Gasteiger partial charge in [-0.25, -0.2) is 4.79 Å². The number of nitrogens with one attached hydrogen (secondary N) is 2. The third kappa shape index (κ3) is 6.01. The second-order valence-corrected chi connectivity index (χ2v) is 9.13. The number of carbonyl (C=O) groups excluding carboxylic acids is 3. The minimum atomic E-state index is -0.787. The van der Waals surface area contributed by atoms with Crippen molar-refractivity contribution in [2.75, 3.05) is 26.2 Å². The number of amides is 3. The standard InChI is InChI=1S/C27H32N4O4/c1-19(2)25(32)30-12-14-31(15-13-30)26(33)24(16-21-17-28-23-11-7-6-10-22(21)23)29-27(34)35-18-20-8-4-3-5-9-20/h3-11,17,19,24,28H,12-16,18H2,1-2H3,(H,29,34)/t24-/m0/s1. The van der Waals surface area contributed by atoms with Gasteiger partial charge in [-0.1, -0.05) is 62.4 Å². The maximum Gasteiger partial charge on any atom is 0.408 e. The molecule has 4 rings (SSSR count). The van der Waals surface area contributed by atoms with E-state index in [2.05, 4.69) is 10.3 Å². The summed E-state index contributed by atoms with van der Waals surface area (Å²) in [6, 6.07) is 16.5. The molecule has 0 unspecified atom stereocenters. The normalized spacial score (nSPS) is 14.7. The summed E-state index contributed by atoms with van der Waals surface area (Å²) in [5.41, 5.74) is 2.78. The zero-order valence-corrected chi connectivity index (χ0v) is 20.2. The molecule has 8 heteroatoms.